The Kier molecular flexibility index (Phi) is 5.41. The summed E-state index contributed by atoms with van der Waals surface area (Å²) in [5.74, 6) is -0.606. The predicted molar refractivity (Wildman–Crippen MR) is 99.2 cm³/mol. The van der Waals surface area contributed by atoms with Crippen molar-refractivity contribution in [3.05, 3.63) is 71.0 Å². The number of carbonyl (C=O) groups excluding carboxylic acids is 1. The van der Waals surface area contributed by atoms with Gasteiger partial charge in [0.2, 0.25) is 0 Å². The van der Waals surface area contributed by atoms with E-state index in [1.807, 2.05) is 24.3 Å². The molecular formula is C20H22FNO3S. The minimum Gasteiger partial charge on any atom is -0.330 e. The molecule has 0 unspecified atom stereocenters. The number of sulfone groups is 1. The highest BCUT2D eigenvalue weighted by Crippen LogP contribution is 2.23. The second kappa shape index (κ2) is 7.58. The number of aryl methyl sites for hydroxylation is 1. The molecule has 0 aliphatic carbocycles. The first-order chi connectivity index (χ1) is 12.4. The molecule has 4 nitrogen and oxygen atoms in total. The predicted octanol–water partition coefficient (Wildman–Crippen LogP) is 3.22. The SMILES string of the molecule is CCc1ccc(CN(C(=O)c2ccc(F)cc2)[C@H]2CCS(=O)(=O)C2)cc1. The van der Waals surface area contributed by atoms with E-state index >= 15 is 0 Å². The molecule has 0 bridgehead atoms. The first-order valence-corrected chi connectivity index (χ1v) is 10.5. The number of hydrogen-bond acceptors (Lipinski definition) is 3. The van der Waals surface area contributed by atoms with Gasteiger partial charge in [0.15, 0.2) is 9.84 Å². The molecule has 1 amide bonds. The second-order valence-electron chi connectivity index (χ2n) is 6.67. The Labute approximate surface area is 153 Å². The van der Waals surface area contributed by atoms with Crippen molar-refractivity contribution in [3.8, 4) is 0 Å². The fourth-order valence-corrected chi connectivity index (χ4v) is 4.95. The van der Waals surface area contributed by atoms with Crippen molar-refractivity contribution >= 4 is 15.7 Å². The van der Waals surface area contributed by atoms with Crippen molar-refractivity contribution in [2.24, 2.45) is 0 Å². The molecule has 138 valence electrons. The van der Waals surface area contributed by atoms with Crippen molar-refractivity contribution in [3.63, 3.8) is 0 Å². The van der Waals surface area contributed by atoms with Crippen molar-refractivity contribution in [1.82, 2.24) is 4.90 Å². The van der Waals surface area contributed by atoms with Gasteiger partial charge in [0.25, 0.3) is 5.91 Å². The summed E-state index contributed by atoms with van der Waals surface area (Å²) in [5.41, 5.74) is 2.51. The van der Waals surface area contributed by atoms with Crippen molar-refractivity contribution < 1.29 is 17.6 Å². The van der Waals surface area contributed by atoms with Crippen LogP contribution in [0.1, 0.15) is 34.8 Å². The van der Waals surface area contributed by atoms with E-state index in [-0.39, 0.29) is 23.5 Å². The highest BCUT2D eigenvalue weighted by atomic mass is 32.2. The monoisotopic (exact) mass is 375 g/mol. The summed E-state index contributed by atoms with van der Waals surface area (Å²) in [4.78, 5) is 14.6. The normalized spacial score (nSPS) is 18.6. The maximum absolute atomic E-state index is 13.2. The van der Waals surface area contributed by atoms with Gasteiger partial charge in [0, 0.05) is 18.2 Å². The molecule has 0 N–H and O–H groups in total. The van der Waals surface area contributed by atoms with E-state index in [1.54, 1.807) is 4.90 Å². The van der Waals surface area contributed by atoms with Crippen molar-refractivity contribution in [2.75, 3.05) is 11.5 Å². The molecule has 1 saturated heterocycles. The van der Waals surface area contributed by atoms with Crippen LogP contribution in [0.3, 0.4) is 0 Å². The van der Waals surface area contributed by atoms with Crippen molar-refractivity contribution in [2.45, 2.75) is 32.4 Å². The lowest BCUT2D eigenvalue weighted by Crippen LogP contribution is -2.40. The van der Waals surface area contributed by atoms with Gasteiger partial charge in [-0.25, -0.2) is 12.8 Å². The Hall–Kier alpha value is -2.21. The van der Waals surface area contributed by atoms with Gasteiger partial charge in [0.05, 0.1) is 11.5 Å². The Morgan fingerprint density at radius 1 is 1.08 bits per heavy atom. The van der Waals surface area contributed by atoms with Gasteiger partial charge >= 0.3 is 0 Å². The Balaban J connectivity index is 1.88. The lowest BCUT2D eigenvalue weighted by molar-refractivity contribution is 0.0681. The number of benzene rings is 2. The van der Waals surface area contributed by atoms with Crippen LogP contribution in [0.2, 0.25) is 0 Å². The maximum atomic E-state index is 13.2. The van der Waals surface area contributed by atoms with Gasteiger partial charge in [-0.1, -0.05) is 31.2 Å². The number of amides is 1. The second-order valence-corrected chi connectivity index (χ2v) is 8.90. The molecule has 1 aliphatic rings. The molecule has 0 aromatic heterocycles. The third kappa shape index (κ3) is 4.30. The fraction of sp³-hybridized carbons (Fsp3) is 0.350. The zero-order chi connectivity index (χ0) is 18.7. The first-order valence-electron chi connectivity index (χ1n) is 8.73. The molecule has 2 aromatic carbocycles. The van der Waals surface area contributed by atoms with Gasteiger partial charge in [-0.15, -0.1) is 0 Å². The van der Waals surface area contributed by atoms with E-state index in [2.05, 4.69) is 6.92 Å². The summed E-state index contributed by atoms with van der Waals surface area (Å²) in [7, 11) is -3.12. The summed E-state index contributed by atoms with van der Waals surface area (Å²) >= 11 is 0. The van der Waals surface area contributed by atoms with E-state index in [0.717, 1.165) is 12.0 Å². The van der Waals surface area contributed by atoms with Gasteiger partial charge < -0.3 is 4.90 Å². The molecular weight excluding hydrogens is 353 g/mol. The van der Waals surface area contributed by atoms with Crippen LogP contribution in [0.25, 0.3) is 0 Å². The van der Waals surface area contributed by atoms with E-state index < -0.39 is 15.7 Å². The van der Waals surface area contributed by atoms with Crippen LogP contribution < -0.4 is 0 Å². The number of hydrogen-bond donors (Lipinski definition) is 0. The third-order valence-corrected chi connectivity index (χ3v) is 6.54. The lowest BCUT2D eigenvalue weighted by atomic mass is 10.1. The van der Waals surface area contributed by atoms with E-state index in [0.29, 0.717) is 18.5 Å². The standard InChI is InChI=1S/C20H22FNO3S/c1-2-15-3-5-16(6-4-15)13-22(19-11-12-26(24,25)14-19)20(23)17-7-9-18(21)10-8-17/h3-10,19H,2,11-14H2,1H3/t19-/m0/s1. The van der Waals surface area contributed by atoms with E-state index in [1.165, 1.54) is 29.8 Å². The molecule has 26 heavy (non-hydrogen) atoms. The van der Waals surface area contributed by atoms with Gasteiger partial charge in [-0.2, -0.15) is 0 Å². The van der Waals surface area contributed by atoms with E-state index in [4.69, 9.17) is 0 Å². The Morgan fingerprint density at radius 2 is 1.69 bits per heavy atom. The molecule has 0 spiro atoms. The lowest BCUT2D eigenvalue weighted by Gasteiger charge is -2.28. The Bertz CT molecular complexity index is 876. The average molecular weight is 375 g/mol. The number of carbonyl (C=O) groups is 1. The van der Waals surface area contributed by atoms with Gasteiger partial charge in [0.1, 0.15) is 5.82 Å². The molecule has 0 saturated carbocycles. The molecule has 6 heteroatoms. The van der Waals surface area contributed by atoms with Crippen LogP contribution in [0.15, 0.2) is 48.5 Å². The third-order valence-electron chi connectivity index (χ3n) is 4.79. The zero-order valence-corrected chi connectivity index (χ0v) is 15.5. The average Bonchev–Trinajstić information content (AvgIpc) is 3.00. The van der Waals surface area contributed by atoms with Crippen LogP contribution in [0.5, 0.6) is 0 Å². The summed E-state index contributed by atoms with van der Waals surface area (Å²) in [6.45, 7) is 2.41. The quantitative estimate of drug-likeness (QED) is 0.806. The molecule has 1 heterocycles. The summed E-state index contributed by atoms with van der Waals surface area (Å²) in [6, 6.07) is 13.0. The number of halogens is 1. The molecule has 3 rings (SSSR count). The summed E-state index contributed by atoms with van der Waals surface area (Å²) in [5, 5.41) is 0. The van der Waals surface area contributed by atoms with E-state index in [9.17, 15) is 17.6 Å². The largest absolute Gasteiger partial charge is 0.330 e. The Morgan fingerprint density at radius 3 is 2.23 bits per heavy atom. The van der Waals surface area contributed by atoms with Gasteiger partial charge in [-0.3, -0.25) is 4.79 Å². The van der Waals surface area contributed by atoms with Gasteiger partial charge in [-0.05, 0) is 48.2 Å². The van der Waals surface area contributed by atoms with Crippen LogP contribution >= 0.6 is 0 Å². The van der Waals surface area contributed by atoms with Crippen LogP contribution in [-0.2, 0) is 22.8 Å². The first kappa shape index (κ1) is 18.6. The smallest absolute Gasteiger partial charge is 0.254 e. The minimum absolute atomic E-state index is 0.0209. The molecule has 1 aliphatic heterocycles. The summed E-state index contributed by atoms with van der Waals surface area (Å²) in [6.07, 6.45) is 1.36. The van der Waals surface area contributed by atoms with Crippen LogP contribution in [0.4, 0.5) is 4.39 Å². The highest BCUT2D eigenvalue weighted by Gasteiger charge is 2.35. The van der Waals surface area contributed by atoms with Crippen LogP contribution in [0, 0.1) is 5.82 Å². The zero-order valence-electron chi connectivity index (χ0n) is 14.7. The number of nitrogens with zero attached hydrogens (tertiary/aromatic N) is 1. The fourth-order valence-electron chi connectivity index (χ4n) is 3.22. The minimum atomic E-state index is -3.12. The van der Waals surface area contributed by atoms with Crippen LogP contribution in [-0.4, -0.2) is 36.8 Å². The van der Waals surface area contributed by atoms with Crippen molar-refractivity contribution in [1.29, 1.82) is 0 Å². The summed E-state index contributed by atoms with van der Waals surface area (Å²) < 4.78 is 37.0. The molecule has 1 fully saturated rings. The topological polar surface area (TPSA) is 54.5 Å². The molecule has 1 atom stereocenters. The molecule has 0 radical (unpaired) electrons. The number of rotatable bonds is 5. The maximum Gasteiger partial charge on any atom is 0.254 e. The molecule has 2 aromatic rings. The highest BCUT2D eigenvalue weighted by molar-refractivity contribution is 7.91.